The summed E-state index contributed by atoms with van der Waals surface area (Å²) in [6, 6.07) is 0.245. The summed E-state index contributed by atoms with van der Waals surface area (Å²) in [7, 11) is 0. The Kier molecular flexibility index (Phi) is 3.16. The van der Waals surface area contributed by atoms with Gasteiger partial charge in [-0.2, -0.15) is 0 Å². The minimum absolute atomic E-state index is 0.136. The van der Waals surface area contributed by atoms with Crippen LogP contribution in [0.2, 0.25) is 0 Å². The summed E-state index contributed by atoms with van der Waals surface area (Å²) in [6.07, 6.45) is 7.86. The topological polar surface area (TPSA) is 62.5 Å². The SMILES string of the molecule is CC1CC(=O)NCCN1Cc1cnc2cnccn12. The van der Waals surface area contributed by atoms with Crippen molar-refractivity contribution >= 4 is 11.6 Å². The molecule has 6 heteroatoms. The second-order valence-corrected chi connectivity index (χ2v) is 4.93. The Bertz CT molecular complexity index is 593. The van der Waals surface area contributed by atoms with Gasteiger partial charge < -0.3 is 5.32 Å². The third-order valence-corrected chi connectivity index (χ3v) is 3.58. The van der Waals surface area contributed by atoms with Crippen LogP contribution in [0.5, 0.6) is 0 Å². The number of hydrogen-bond donors (Lipinski definition) is 1. The first-order valence-corrected chi connectivity index (χ1v) is 6.51. The molecule has 1 aliphatic rings. The van der Waals surface area contributed by atoms with Crippen molar-refractivity contribution in [2.45, 2.75) is 25.9 Å². The van der Waals surface area contributed by atoms with Gasteiger partial charge in [0, 0.05) is 44.5 Å². The van der Waals surface area contributed by atoms with Gasteiger partial charge in [0.2, 0.25) is 5.91 Å². The van der Waals surface area contributed by atoms with E-state index in [2.05, 4.69) is 27.1 Å². The van der Waals surface area contributed by atoms with Gasteiger partial charge in [0.05, 0.1) is 18.1 Å². The number of nitrogens with one attached hydrogen (secondary N) is 1. The number of hydrogen-bond acceptors (Lipinski definition) is 4. The first-order valence-electron chi connectivity index (χ1n) is 6.51. The van der Waals surface area contributed by atoms with E-state index in [0.717, 1.165) is 24.4 Å². The maximum absolute atomic E-state index is 11.5. The fourth-order valence-corrected chi connectivity index (χ4v) is 2.48. The Labute approximate surface area is 111 Å². The molecule has 0 spiro atoms. The van der Waals surface area contributed by atoms with E-state index in [1.807, 2.05) is 16.8 Å². The fourth-order valence-electron chi connectivity index (χ4n) is 2.48. The van der Waals surface area contributed by atoms with Crippen LogP contribution in [0.3, 0.4) is 0 Å². The van der Waals surface area contributed by atoms with E-state index in [1.165, 1.54) is 0 Å². The van der Waals surface area contributed by atoms with E-state index in [-0.39, 0.29) is 11.9 Å². The molecular formula is C13H17N5O. The van der Waals surface area contributed by atoms with Crippen molar-refractivity contribution in [3.8, 4) is 0 Å². The number of amides is 1. The molecule has 0 aliphatic carbocycles. The normalized spacial score (nSPS) is 21.3. The predicted molar refractivity (Wildman–Crippen MR) is 70.5 cm³/mol. The highest BCUT2D eigenvalue weighted by Crippen LogP contribution is 2.13. The van der Waals surface area contributed by atoms with E-state index in [9.17, 15) is 4.79 Å². The molecule has 0 bridgehead atoms. The van der Waals surface area contributed by atoms with Crippen LogP contribution in [0.25, 0.3) is 5.65 Å². The van der Waals surface area contributed by atoms with Crippen LogP contribution in [-0.4, -0.2) is 44.3 Å². The van der Waals surface area contributed by atoms with Gasteiger partial charge in [-0.05, 0) is 6.92 Å². The quantitative estimate of drug-likeness (QED) is 0.850. The predicted octanol–water partition coefficient (Wildman–Crippen LogP) is 0.440. The third kappa shape index (κ3) is 2.44. The molecule has 1 atom stereocenters. The fraction of sp³-hybridized carbons (Fsp3) is 0.462. The highest BCUT2D eigenvalue weighted by Gasteiger charge is 2.21. The standard InChI is InChI=1S/C13H17N5O/c1-10-6-13(19)15-3-4-17(10)9-11-7-16-12-8-14-2-5-18(11)12/h2,5,7-8,10H,3-4,6,9H2,1H3,(H,15,19). The average molecular weight is 259 g/mol. The van der Waals surface area contributed by atoms with Crippen LogP contribution in [0.15, 0.2) is 24.8 Å². The zero-order chi connectivity index (χ0) is 13.2. The molecule has 0 saturated carbocycles. The van der Waals surface area contributed by atoms with Crippen molar-refractivity contribution in [2.24, 2.45) is 0 Å². The molecule has 1 fully saturated rings. The van der Waals surface area contributed by atoms with Gasteiger partial charge in [-0.3, -0.25) is 19.1 Å². The first-order chi connectivity index (χ1) is 9.24. The second-order valence-electron chi connectivity index (χ2n) is 4.93. The van der Waals surface area contributed by atoms with Crippen molar-refractivity contribution in [1.82, 2.24) is 24.6 Å². The molecule has 3 heterocycles. The summed E-state index contributed by atoms with van der Waals surface area (Å²) in [4.78, 5) is 22.2. The third-order valence-electron chi connectivity index (χ3n) is 3.58. The van der Waals surface area contributed by atoms with Gasteiger partial charge in [-0.25, -0.2) is 4.98 Å². The largest absolute Gasteiger partial charge is 0.355 e. The summed E-state index contributed by atoms with van der Waals surface area (Å²) in [6.45, 7) is 4.46. The van der Waals surface area contributed by atoms with Crippen molar-refractivity contribution in [3.63, 3.8) is 0 Å². The van der Waals surface area contributed by atoms with Crippen LogP contribution in [0.1, 0.15) is 19.0 Å². The molecule has 1 unspecified atom stereocenters. The Morgan fingerprint density at radius 1 is 1.47 bits per heavy atom. The van der Waals surface area contributed by atoms with Gasteiger partial charge in [0.15, 0.2) is 5.65 Å². The molecule has 2 aromatic rings. The molecule has 100 valence electrons. The number of imidazole rings is 1. The lowest BCUT2D eigenvalue weighted by Gasteiger charge is -2.25. The van der Waals surface area contributed by atoms with Crippen LogP contribution >= 0.6 is 0 Å². The van der Waals surface area contributed by atoms with E-state index in [1.54, 1.807) is 12.4 Å². The highest BCUT2D eigenvalue weighted by atomic mass is 16.1. The molecule has 1 saturated heterocycles. The maximum Gasteiger partial charge on any atom is 0.221 e. The van der Waals surface area contributed by atoms with E-state index in [4.69, 9.17) is 0 Å². The van der Waals surface area contributed by atoms with E-state index in [0.29, 0.717) is 13.0 Å². The molecule has 1 aliphatic heterocycles. The number of carbonyl (C=O) groups is 1. The summed E-state index contributed by atoms with van der Waals surface area (Å²) in [5, 5.41) is 2.91. The minimum atomic E-state index is 0.136. The molecule has 19 heavy (non-hydrogen) atoms. The van der Waals surface area contributed by atoms with Crippen LogP contribution in [-0.2, 0) is 11.3 Å². The molecule has 0 radical (unpaired) electrons. The minimum Gasteiger partial charge on any atom is -0.355 e. The number of carbonyl (C=O) groups excluding carboxylic acids is 1. The number of rotatable bonds is 2. The van der Waals surface area contributed by atoms with Gasteiger partial charge >= 0.3 is 0 Å². The zero-order valence-electron chi connectivity index (χ0n) is 10.9. The molecule has 1 N–H and O–H groups in total. The molecule has 1 amide bonds. The van der Waals surface area contributed by atoms with Gasteiger partial charge in [0.1, 0.15) is 0 Å². The monoisotopic (exact) mass is 259 g/mol. The van der Waals surface area contributed by atoms with Gasteiger partial charge in [-0.1, -0.05) is 0 Å². The van der Waals surface area contributed by atoms with Gasteiger partial charge in [0.25, 0.3) is 0 Å². The van der Waals surface area contributed by atoms with E-state index >= 15 is 0 Å². The Morgan fingerprint density at radius 2 is 2.37 bits per heavy atom. The lowest BCUT2D eigenvalue weighted by atomic mass is 10.2. The number of nitrogens with zero attached hydrogens (tertiary/aromatic N) is 4. The van der Waals surface area contributed by atoms with Crippen LogP contribution < -0.4 is 5.32 Å². The molecular weight excluding hydrogens is 242 g/mol. The van der Waals surface area contributed by atoms with Gasteiger partial charge in [-0.15, -0.1) is 0 Å². The van der Waals surface area contributed by atoms with Crippen molar-refractivity contribution in [2.75, 3.05) is 13.1 Å². The first kappa shape index (κ1) is 12.1. The van der Waals surface area contributed by atoms with Crippen LogP contribution in [0.4, 0.5) is 0 Å². The van der Waals surface area contributed by atoms with E-state index < -0.39 is 0 Å². The Morgan fingerprint density at radius 3 is 3.26 bits per heavy atom. The Hall–Kier alpha value is -1.95. The molecule has 2 aromatic heterocycles. The lowest BCUT2D eigenvalue weighted by Crippen LogP contribution is -2.34. The van der Waals surface area contributed by atoms with Crippen molar-refractivity contribution in [3.05, 3.63) is 30.5 Å². The average Bonchev–Trinajstić information content (AvgIpc) is 2.73. The highest BCUT2D eigenvalue weighted by molar-refractivity contribution is 5.76. The number of fused-ring (bicyclic) bond motifs is 1. The van der Waals surface area contributed by atoms with Crippen molar-refractivity contribution < 1.29 is 4.79 Å². The van der Waals surface area contributed by atoms with Crippen LogP contribution in [0, 0.1) is 0 Å². The summed E-state index contributed by atoms with van der Waals surface area (Å²) in [5.74, 6) is 0.136. The lowest BCUT2D eigenvalue weighted by molar-refractivity contribution is -0.121. The zero-order valence-corrected chi connectivity index (χ0v) is 10.9. The molecule has 6 nitrogen and oxygen atoms in total. The second kappa shape index (κ2) is 4.97. The summed E-state index contributed by atoms with van der Waals surface area (Å²) < 4.78 is 2.04. The smallest absolute Gasteiger partial charge is 0.221 e. The molecule has 0 aromatic carbocycles. The maximum atomic E-state index is 11.5. The van der Waals surface area contributed by atoms with Crippen molar-refractivity contribution in [1.29, 1.82) is 0 Å². The summed E-state index contributed by atoms with van der Waals surface area (Å²) in [5.41, 5.74) is 1.98. The Balaban J connectivity index is 1.82. The number of aromatic nitrogens is 3. The molecule has 3 rings (SSSR count). The summed E-state index contributed by atoms with van der Waals surface area (Å²) >= 11 is 0.